The molecule has 0 radical (unpaired) electrons. The van der Waals surface area contributed by atoms with Gasteiger partial charge in [0.05, 0.1) is 18.4 Å². The molecule has 1 fully saturated rings. The molecule has 0 unspecified atom stereocenters. The largest absolute Gasteiger partial charge is 0.462 e. The topological polar surface area (TPSA) is 75.7 Å². The number of amides is 3. The molecule has 6 heteroatoms. The molecule has 0 aliphatic carbocycles. The number of carbonyl (C=O) groups excluding carboxylic acids is 3. The molecule has 110 valence electrons. The first-order valence-electron chi connectivity index (χ1n) is 6.72. The van der Waals surface area contributed by atoms with E-state index in [4.69, 9.17) is 4.74 Å². The summed E-state index contributed by atoms with van der Waals surface area (Å²) in [6.45, 7) is 2.27. The van der Waals surface area contributed by atoms with Crippen LogP contribution in [0.4, 0.5) is 10.5 Å². The summed E-state index contributed by atoms with van der Waals surface area (Å²) in [4.78, 5) is 36.5. The quantitative estimate of drug-likeness (QED) is 0.389. The predicted molar refractivity (Wildman–Crippen MR) is 76.4 cm³/mol. The fraction of sp³-hybridized carbons (Fsp3) is 0.267. The van der Waals surface area contributed by atoms with Crippen molar-refractivity contribution in [2.24, 2.45) is 0 Å². The number of urea groups is 1. The Hall–Kier alpha value is -2.63. The number of hydrogen-bond acceptors (Lipinski definition) is 4. The molecule has 1 saturated heterocycles. The summed E-state index contributed by atoms with van der Waals surface area (Å²) >= 11 is 0. The third-order valence-electron chi connectivity index (χ3n) is 2.90. The zero-order valence-corrected chi connectivity index (χ0v) is 11.7. The van der Waals surface area contributed by atoms with E-state index in [1.807, 2.05) is 6.92 Å². The third kappa shape index (κ3) is 3.47. The molecule has 6 nitrogen and oxygen atoms in total. The molecular weight excluding hydrogens is 272 g/mol. The Morgan fingerprint density at radius 1 is 1.29 bits per heavy atom. The molecule has 0 aromatic heterocycles. The van der Waals surface area contributed by atoms with E-state index in [2.05, 4.69) is 5.32 Å². The lowest BCUT2D eigenvalue weighted by Crippen LogP contribution is -2.30. The second-order valence-electron chi connectivity index (χ2n) is 4.49. The van der Waals surface area contributed by atoms with Crippen molar-refractivity contribution in [1.29, 1.82) is 0 Å². The van der Waals surface area contributed by atoms with Gasteiger partial charge in [-0.1, -0.05) is 31.5 Å². The number of para-hydroxylation sites is 1. The first-order chi connectivity index (χ1) is 10.1. The minimum Gasteiger partial charge on any atom is -0.462 e. The lowest BCUT2D eigenvalue weighted by Gasteiger charge is -2.10. The summed E-state index contributed by atoms with van der Waals surface area (Å²) < 4.78 is 4.93. The number of imide groups is 1. The maximum Gasteiger partial charge on any atom is 0.333 e. The number of benzene rings is 1. The van der Waals surface area contributed by atoms with Crippen LogP contribution < -0.4 is 10.2 Å². The van der Waals surface area contributed by atoms with Crippen LogP contribution in [0.1, 0.15) is 19.8 Å². The number of carbonyl (C=O) groups is 3. The van der Waals surface area contributed by atoms with Crippen molar-refractivity contribution in [2.75, 3.05) is 11.5 Å². The number of ether oxygens (including phenoxy) is 1. The molecule has 1 N–H and O–H groups in total. The average molecular weight is 288 g/mol. The molecule has 1 aliphatic rings. The van der Waals surface area contributed by atoms with Gasteiger partial charge in [0.15, 0.2) is 0 Å². The maximum absolute atomic E-state index is 12.1. The highest BCUT2D eigenvalue weighted by Gasteiger charge is 2.35. The first kappa shape index (κ1) is 14.8. The summed E-state index contributed by atoms with van der Waals surface area (Å²) in [6.07, 6.45) is 2.67. The summed E-state index contributed by atoms with van der Waals surface area (Å²) in [5, 5.41) is 2.37. The Kier molecular flexibility index (Phi) is 4.71. The maximum atomic E-state index is 12.1. The molecule has 21 heavy (non-hydrogen) atoms. The Morgan fingerprint density at radius 3 is 2.67 bits per heavy atom. The summed E-state index contributed by atoms with van der Waals surface area (Å²) in [7, 11) is 0. The van der Waals surface area contributed by atoms with Crippen LogP contribution >= 0.6 is 0 Å². The van der Waals surface area contributed by atoms with Gasteiger partial charge in [-0.05, 0) is 18.6 Å². The van der Waals surface area contributed by atoms with E-state index in [-0.39, 0.29) is 5.70 Å². The fourth-order valence-electron chi connectivity index (χ4n) is 1.82. The molecule has 2 rings (SSSR count). The van der Waals surface area contributed by atoms with Gasteiger partial charge in [-0.2, -0.15) is 0 Å². The average Bonchev–Trinajstić information content (AvgIpc) is 2.74. The second-order valence-corrected chi connectivity index (χ2v) is 4.49. The van der Waals surface area contributed by atoms with Crippen LogP contribution in [0.2, 0.25) is 0 Å². The Morgan fingerprint density at radius 2 is 2.00 bits per heavy atom. The number of anilines is 1. The second kappa shape index (κ2) is 6.69. The van der Waals surface area contributed by atoms with Crippen molar-refractivity contribution in [3.8, 4) is 0 Å². The van der Waals surface area contributed by atoms with E-state index < -0.39 is 17.9 Å². The van der Waals surface area contributed by atoms with E-state index in [1.165, 1.54) is 0 Å². The zero-order chi connectivity index (χ0) is 15.2. The number of nitrogens with zero attached hydrogens (tertiary/aromatic N) is 1. The van der Waals surface area contributed by atoms with E-state index in [0.717, 1.165) is 23.8 Å². The predicted octanol–water partition coefficient (Wildman–Crippen LogP) is 1.97. The van der Waals surface area contributed by atoms with Gasteiger partial charge in [-0.25, -0.2) is 14.5 Å². The number of nitrogens with one attached hydrogen (secondary N) is 1. The number of unbranched alkanes of at least 4 members (excludes halogenated alkanes) is 1. The van der Waals surface area contributed by atoms with E-state index in [0.29, 0.717) is 12.3 Å². The fourth-order valence-corrected chi connectivity index (χ4v) is 1.82. The van der Waals surface area contributed by atoms with Gasteiger partial charge in [0, 0.05) is 0 Å². The molecule has 0 atom stereocenters. The molecule has 0 spiro atoms. The van der Waals surface area contributed by atoms with Gasteiger partial charge in [-0.15, -0.1) is 0 Å². The molecule has 0 saturated carbocycles. The Balaban J connectivity index is 2.09. The van der Waals surface area contributed by atoms with Gasteiger partial charge in [-0.3, -0.25) is 4.79 Å². The van der Waals surface area contributed by atoms with Crippen LogP contribution in [-0.4, -0.2) is 24.5 Å². The SMILES string of the molecule is CCCCOC(=O)/C=C1\NC(=O)N(c2ccccc2)C1=O. The highest BCUT2D eigenvalue weighted by molar-refractivity contribution is 6.27. The lowest BCUT2D eigenvalue weighted by atomic mass is 10.3. The number of rotatable bonds is 5. The van der Waals surface area contributed by atoms with Crippen LogP contribution in [0.3, 0.4) is 0 Å². The van der Waals surface area contributed by atoms with Crippen LogP contribution in [-0.2, 0) is 14.3 Å². The van der Waals surface area contributed by atoms with Gasteiger partial charge in [0.1, 0.15) is 5.70 Å². The van der Waals surface area contributed by atoms with Gasteiger partial charge >= 0.3 is 12.0 Å². The van der Waals surface area contributed by atoms with Gasteiger partial charge in [0.25, 0.3) is 5.91 Å². The standard InChI is InChI=1S/C15H16N2O4/c1-2-3-9-21-13(18)10-12-14(19)17(15(20)16-12)11-7-5-4-6-8-11/h4-8,10H,2-3,9H2,1H3,(H,16,20)/b12-10-. The lowest BCUT2D eigenvalue weighted by molar-refractivity contribution is -0.138. The minimum atomic E-state index is -0.637. The van der Waals surface area contributed by atoms with Crippen molar-refractivity contribution in [3.05, 3.63) is 42.1 Å². The van der Waals surface area contributed by atoms with E-state index in [1.54, 1.807) is 30.3 Å². The van der Waals surface area contributed by atoms with Crippen molar-refractivity contribution in [3.63, 3.8) is 0 Å². The van der Waals surface area contributed by atoms with Crippen molar-refractivity contribution >= 4 is 23.6 Å². The van der Waals surface area contributed by atoms with Crippen LogP contribution in [0.15, 0.2) is 42.1 Å². The smallest absolute Gasteiger partial charge is 0.333 e. The van der Waals surface area contributed by atoms with Crippen LogP contribution in [0.25, 0.3) is 0 Å². The normalized spacial score (nSPS) is 16.2. The molecule has 1 aliphatic heterocycles. The van der Waals surface area contributed by atoms with Gasteiger partial charge < -0.3 is 10.1 Å². The monoisotopic (exact) mass is 288 g/mol. The third-order valence-corrected chi connectivity index (χ3v) is 2.90. The van der Waals surface area contributed by atoms with Crippen molar-refractivity contribution in [1.82, 2.24) is 5.32 Å². The molecule has 3 amide bonds. The van der Waals surface area contributed by atoms with Crippen molar-refractivity contribution < 1.29 is 19.1 Å². The molecule has 1 aromatic carbocycles. The summed E-state index contributed by atoms with van der Waals surface area (Å²) in [5.74, 6) is -1.21. The van der Waals surface area contributed by atoms with E-state index in [9.17, 15) is 14.4 Å². The number of esters is 1. The van der Waals surface area contributed by atoms with Crippen molar-refractivity contribution in [2.45, 2.75) is 19.8 Å². The summed E-state index contributed by atoms with van der Waals surface area (Å²) in [6, 6.07) is 7.91. The molecular formula is C15H16N2O4. The van der Waals surface area contributed by atoms with E-state index >= 15 is 0 Å². The molecule has 0 bridgehead atoms. The molecule has 1 heterocycles. The van der Waals surface area contributed by atoms with Crippen LogP contribution in [0.5, 0.6) is 0 Å². The highest BCUT2D eigenvalue weighted by Crippen LogP contribution is 2.20. The van der Waals surface area contributed by atoms with Gasteiger partial charge in [0.2, 0.25) is 0 Å². The number of hydrogen-bond donors (Lipinski definition) is 1. The highest BCUT2D eigenvalue weighted by atomic mass is 16.5. The summed E-state index contributed by atoms with van der Waals surface area (Å²) in [5.41, 5.74) is 0.369. The Labute approximate surface area is 122 Å². The first-order valence-corrected chi connectivity index (χ1v) is 6.72. The zero-order valence-electron chi connectivity index (χ0n) is 11.7. The van der Waals surface area contributed by atoms with Crippen LogP contribution in [0, 0.1) is 0 Å². The Bertz CT molecular complexity index is 581. The molecule has 1 aromatic rings. The minimum absolute atomic E-state index is 0.0784.